The number of ether oxygens (including phenoxy) is 2. The van der Waals surface area contributed by atoms with E-state index >= 15 is 0 Å². The molecule has 8 heteroatoms. The van der Waals surface area contributed by atoms with Gasteiger partial charge in [0.05, 0.1) is 19.1 Å². The van der Waals surface area contributed by atoms with E-state index in [1.54, 1.807) is 49.6 Å². The zero-order chi connectivity index (χ0) is 22.4. The molecule has 1 N–H and O–H groups in total. The summed E-state index contributed by atoms with van der Waals surface area (Å²) in [5, 5.41) is 0.436. The van der Waals surface area contributed by atoms with Gasteiger partial charge in [-0.1, -0.05) is 23.7 Å². The number of hydrogen-bond acceptors (Lipinski definition) is 5. The number of rotatable bonds is 8. The van der Waals surface area contributed by atoms with Crippen LogP contribution in [0.5, 0.6) is 11.5 Å². The van der Waals surface area contributed by atoms with Gasteiger partial charge < -0.3 is 9.47 Å². The largest absolute Gasteiger partial charge is 0.497 e. The van der Waals surface area contributed by atoms with Crippen LogP contribution in [-0.4, -0.2) is 28.4 Å². The summed E-state index contributed by atoms with van der Waals surface area (Å²) in [6.45, 7) is 0. The Morgan fingerprint density at radius 1 is 0.968 bits per heavy atom. The highest BCUT2D eigenvalue weighted by atomic mass is 35.5. The van der Waals surface area contributed by atoms with E-state index < -0.39 is 10.0 Å². The molecule has 31 heavy (non-hydrogen) atoms. The SMILES string of the molecule is COc1ccc(OC)c(C=CC(=O)c2cccc(NS(=O)(=O)c3ccc(Cl)cc3)c2)c1. The van der Waals surface area contributed by atoms with Crippen molar-refractivity contribution < 1.29 is 22.7 Å². The molecule has 3 aromatic rings. The van der Waals surface area contributed by atoms with Crippen molar-refractivity contribution in [1.29, 1.82) is 0 Å². The Morgan fingerprint density at radius 3 is 2.39 bits per heavy atom. The number of ketones is 1. The first-order chi connectivity index (χ1) is 14.8. The minimum atomic E-state index is -3.81. The maximum absolute atomic E-state index is 12.6. The van der Waals surface area contributed by atoms with E-state index in [1.807, 2.05) is 0 Å². The van der Waals surface area contributed by atoms with Gasteiger partial charge in [-0.3, -0.25) is 9.52 Å². The van der Waals surface area contributed by atoms with Crippen LogP contribution in [0.4, 0.5) is 5.69 Å². The normalized spacial score (nSPS) is 11.3. The monoisotopic (exact) mass is 457 g/mol. The Kier molecular flexibility index (Phi) is 6.99. The van der Waals surface area contributed by atoms with Crippen molar-refractivity contribution in [3.05, 3.63) is 89.0 Å². The molecule has 0 radical (unpaired) electrons. The summed E-state index contributed by atoms with van der Waals surface area (Å²) in [4.78, 5) is 12.7. The Hall–Kier alpha value is -3.29. The van der Waals surface area contributed by atoms with Gasteiger partial charge in [-0.05, 0) is 66.7 Å². The molecule has 0 aliphatic carbocycles. The second-order valence-corrected chi connectivity index (χ2v) is 8.56. The van der Waals surface area contributed by atoms with Crippen molar-refractivity contribution >= 4 is 39.2 Å². The van der Waals surface area contributed by atoms with Crippen molar-refractivity contribution in [3.8, 4) is 11.5 Å². The maximum Gasteiger partial charge on any atom is 0.261 e. The fourth-order valence-corrected chi connectivity index (χ4v) is 3.97. The van der Waals surface area contributed by atoms with E-state index in [1.165, 1.54) is 43.5 Å². The zero-order valence-electron chi connectivity index (χ0n) is 16.8. The molecule has 0 heterocycles. The first-order valence-electron chi connectivity index (χ1n) is 9.15. The molecule has 3 aromatic carbocycles. The van der Waals surface area contributed by atoms with Crippen molar-refractivity contribution in [2.24, 2.45) is 0 Å². The quantitative estimate of drug-likeness (QED) is 0.378. The Balaban J connectivity index is 1.81. The summed E-state index contributed by atoms with van der Waals surface area (Å²) in [7, 11) is -0.721. The van der Waals surface area contributed by atoms with Crippen molar-refractivity contribution in [3.63, 3.8) is 0 Å². The average molecular weight is 458 g/mol. The lowest BCUT2D eigenvalue weighted by Gasteiger charge is -2.09. The highest BCUT2D eigenvalue weighted by Gasteiger charge is 2.15. The number of sulfonamides is 1. The molecule has 0 aromatic heterocycles. The van der Waals surface area contributed by atoms with Crippen molar-refractivity contribution in [2.75, 3.05) is 18.9 Å². The topological polar surface area (TPSA) is 81.7 Å². The number of carbonyl (C=O) groups excluding carboxylic acids is 1. The summed E-state index contributed by atoms with van der Waals surface area (Å²) in [5.74, 6) is 0.929. The van der Waals surface area contributed by atoms with Crippen molar-refractivity contribution in [1.82, 2.24) is 0 Å². The molecule has 0 spiro atoms. The van der Waals surface area contributed by atoms with Crippen LogP contribution >= 0.6 is 11.6 Å². The zero-order valence-corrected chi connectivity index (χ0v) is 18.4. The third kappa shape index (κ3) is 5.65. The van der Waals surface area contributed by atoms with Crippen LogP contribution in [0.3, 0.4) is 0 Å². The summed E-state index contributed by atoms with van der Waals surface area (Å²) in [6, 6.07) is 17.3. The third-order valence-corrected chi connectivity index (χ3v) is 6.02. The molecule has 160 valence electrons. The van der Waals surface area contributed by atoms with E-state index in [-0.39, 0.29) is 16.4 Å². The van der Waals surface area contributed by atoms with E-state index in [0.717, 1.165) is 0 Å². The summed E-state index contributed by atoms with van der Waals surface area (Å²) in [6.07, 6.45) is 3.01. The number of allylic oxidation sites excluding steroid dienone is 1. The van der Waals surface area contributed by atoms with Gasteiger partial charge in [-0.2, -0.15) is 0 Å². The van der Waals surface area contributed by atoms with E-state index in [2.05, 4.69) is 4.72 Å². The first kappa shape index (κ1) is 22.4. The number of halogens is 1. The smallest absolute Gasteiger partial charge is 0.261 e. The van der Waals surface area contributed by atoms with Crippen LogP contribution in [-0.2, 0) is 10.0 Å². The Morgan fingerprint density at radius 2 is 1.71 bits per heavy atom. The van der Waals surface area contributed by atoms with Crippen LogP contribution in [0.25, 0.3) is 6.08 Å². The standard InChI is InChI=1S/C23H20ClNO5S/c1-29-20-9-13-23(30-2)17(15-20)6-12-22(26)16-4-3-5-19(14-16)25-31(27,28)21-10-7-18(24)8-11-21/h3-15,25H,1-2H3. The summed E-state index contributed by atoms with van der Waals surface area (Å²) < 4.78 is 38.1. The van der Waals surface area contributed by atoms with Gasteiger partial charge in [0.1, 0.15) is 11.5 Å². The minimum absolute atomic E-state index is 0.0682. The van der Waals surface area contributed by atoms with Crippen LogP contribution in [0.2, 0.25) is 5.02 Å². The molecule has 0 bridgehead atoms. The third-order valence-electron chi connectivity index (χ3n) is 4.37. The Labute approximate surface area is 186 Å². The van der Waals surface area contributed by atoms with Gasteiger partial charge in [-0.15, -0.1) is 0 Å². The Bertz CT molecular complexity index is 1220. The molecule has 0 aliphatic rings. The summed E-state index contributed by atoms with van der Waals surface area (Å²) >= 11 is 5.81. The lowest BCUT2D eigenvalue weighted by molar-refractivity contribution is 0.104. The number of hydrogen-bond donors (Lipinski definition) is 1. The predicted molar refractivity (Wildman–Crippen MR) is 122 cm³/mol. The van der Waals surface area contributed by atoms with Gasteiger partial charge in [0.15, 0.2) is 5.78 Å². The maximum atomic E-state index is 12.6. The molecular weight excluding hydrogens is 438 g/mol. The molecule has 0 saturated carbocycles. The molecule has 6 nitrogen and oxygen atoms in total. The van der Waals surface area contributed by atoms with Gasteiger partial charge in [-0.25, -0.2) is 8.42 Å². The second kappa shape index (κ2) is 9.68. The molecule has 0 saturated heterocycles. The van der Waals surface area contributed by atoms with E-state index in [4.69, 9.17) is 21.1 Å². The number of benzene rings is 3. The van der Waals surface area contributed by atoms with Gasteiger partial charge >= 0.3 is 0 Å². The minimum Gasteiger partial charge on any atom is -0.497 e. The average Bonchev–Trinajstić information content (AvgIpc) is 2.77. The molecule has 0 fully saturated rings. The first-order valence-corrected chi connectivity index (χ1v) is 11.0. The summed E-state index contributed by atoms with van der Waals surface area (Å²) in [5.41, 5.74) is 1.28. The highest BCUT2D eigenvalue weighted by Crippen LogP contribution is 2.25. The van der Waals surface area contributed by atoms with Gasteiger partial charge in [0, 0.05) is 21.8 Å². The number of carbonyl (C=O) groups is 1. The molecule has 0 atom stereocenters. The van der Waals surface area contributed by atoms with Crippen LogP contribution in [0.1, 0.15) is 15.9 Å². The fourth-order valence-electron chi connectivity index (χ4n) is 2.80. The predicted octanol–water partition coefficient (Wildman–Crippen LogP) is 5.05. The van der Waals surface area contributed by atoms with Gasteiger partial charge in [0.2, 0.25) is 0 Å². The molecular formula is C23H20ClNO5S. The number of nitrogens with one attached hydrogen (secondary N) is 1. The van der Waals surface area contributed by atoms with E-state index in [0.29, 0.717) is 27.6 Å². The molecule has 0 amide bonds. The fraction of sp³-hybridized carbons (Fsp3) is 0.0870. The highest BCUT2D eigenvalue weighted by molar-refractivity contribution is 7.92. The lowest BCUT2D eigenvalue weighted by atomic mass is 10.1. The molecule has 0 aliphatic heterocycles. The number of anilines is 1. The number of methoxy groups -OCH3 is 2. The van der Waals surface area contributed by atoms with Crippen LogP contribution in [0, 0.1) is 0 Å². The lowest BCUT2D eigenvalue weighted by Crippen LogP contribution is -2.13. The molecule has 3 rings (SSSR count). The van der Waals surface area contributed by atoms with E-state index in [9.17, 15) is 13.2 Å². The second-order valence-electron chi connectivity index (χ2n) is 6.45. The van der Waals surface area contributed by atoms with Crippen LogP contribution < -0.4 is 14.2 Å². The van der Waals surface area contributed by atoms with Crippen LogP contribution in [0.15, 0.2) is 77.7 Å². The van der Waals surface area contributed by atoms with Crippen molar-refractivity contribution in [2.45, 2.75) is 4.90 Å². The molecule has 0 unspecified atom stereocenters. The van der Waals surface area contributed by atoms with Gasteiger partial charge in [0.25, 0.3) is 10.0 Å².